The van der Waals surface area contributed by atoms with Crippen LogP contribution >= 0.6 is 11.8 Å². The number of thioether (sulfide) groups is 1. The van der Waals surface area contributed by atoms with E-state index in [-0.39, 0.29) is 27.0 Å². The van der Waals surface area contributed by atoms with Gasteiger partial charge in [0, 0.05) is 11.1 Å². The van der Waals surface area contributed by atoms with E-state index >= 15 is 0 Å². The minimum Gasteiger partial charge on any atom is -0.481 e. The average Bonchev–Trinajstić information content (AvgIpc) is 2.69. The Hall–Kier alpha value is -2.71. The Labute approximate surface area is 167 Å². The number of ketones is 1. The van der Waals surface area contributed by atoms with Crippen molar-refractivity contribution >= 4 is 39.2 Å². The average molecular weight is 415 g/mol. The Morgan fingerprint density at radius 3 is 2.32 bits per heavy atom. The Bertz CT molecular complexity index is 1100. The van der Waals surface area contributed by atoms with Crippen LogP contribution < -0.4 is 0 Å². The van der Waals surface area contributed by atoms with Crippen molar-refractivity contribution in [1.82, 2.24) is 0 Å². The third-order valence-corrected chi connectivity index (χ3v) is 6.45. The maximum absolute atomic E-state index is 12.8. The first-order valence-corrected chi connectivity index (χ1v) is 10.9. The van der Waals surface area contributed by atoms with Crippen LogP contribution in [0.25, 0.3) is 0 Å². The minimum absolute atomic E-state index is 0.0553. The van der Waals surface area contributed by atoms with Crippen molar-refractivity contribution in [3.05, 3.63) is 76.2 Å². The summed E-state index contributed by atoms with van der Waals surface area (Å²) in [5.41, 5.74) is 1.82. The summed E-state index contributed by atoms with van der Waals surface area (Å²) in [7, 11) is -3.99. The van der Waals surface area contributed by atoms with E-state index in [1.54, 1.807) is 36.4 Å². The zero-order chi connectivity index (χ0) is 20.3. The number of aryl methyl sites for hydroxylation is 1. The highest BCUT2D eigenvalue weighted by Gasteiger charge is 2.26. The van der Waals surface area contributed by atoms with E-state index in [0.29, 0.717) is 11.1 Å². The number of carbonyl (C=O) groups excluding carboxylic acids is 1. The molecule has 0 unspecified atom stereocenters. The molecule has 28 heavy (non-hydrogen) atoms. The molecule has 2 aromatic rings. The second kappa shape index (κ2) is 8.12. The molecular weight excluding hydrogens is 398 g/mol. The number of carboxylic acid groups (broad SMARTS) is 1. The van der Waals surface area contributed by atoms with Gasteiger partial charge in [0.15, 0.2) is 5.78 Å². The number of hydrogen-bond acceptors (Lipinski definition) is 5. The smallest absolute Gasteiger partial charge is 0.313 e. The van der Waals surface area contributed by atoms with Crippen LogP contribution in [-0.4, -0.2) is 36.7 Å². The molecule has 2 aromatic carbocycles. The molecule has 6 nitrogen and oxygen atoms in total. The molecule has 8 heteroatoms. The normalized spacial score (nSPS) is 15.2. The lowest BCUT2D eigenvalue weighted by molar-refractivity contribution is -0.133. The summed E-state index contributed by atoms with van der Waals surface area (Å²) in [5, 5.41) is 8.88. The number of carbonyl (C=O) groups is 2. The van der Waals surface area contributed by atoms with Crippen molar-refractivity contribution in [1.29, 1.82) is 0 Å². The molecule has 0 bridgehead atoms. The van der Waals surface area contributed by atoms with E-state index in [1.165, 1.54) is 18.2 Å². The standard InChI is InChI=1S/C20H17NO5S2/c1-2-13-7-9-14(10-8-13)28(25,26)21-17-11-18(27-12-19(22)23)20(24)16-6-4-3-5-15(16)17/h3-11H,2,12H2,1H3,(H,22,23). The fourth-order valence-corrected chi connectivity index (χ4v) is 4.42. The summed E-state index contributed by atoms with van der Waals surface area (Å²) in [6, 6.07) is 13.0. The summed E-state index contributed by atoms with van der Waals surface area (Å²) in [6.45, 7) is 1.97. The molecular formula is C20H17NO5S2. The van der Waals surface area contributed by atoms with Crippen molar-refractivity contribution in [3.8, 4) is 0 Å². The SMILES string of the molecule is CCc1ccc(S(=O)(=O)N=C2C=C(SCC(=O)O)C(=O)c3ccccc32)cc1. The molecule has 1 aliphatic rings. The van der Waals surface area contributed by atoms with Gasteiger partial charge in [-0.2, -0.15) is 12.8 Å². The molecule has 1 N–H and O–H groups in total. The zero-order valence-electron chi connectivity index (χ0n) is 15.0. The molecule has 144 valence electrons. The first kappa shape index (κ1) is 20.0. The number of benzene rings is 2. The Kier molecular flexibility index (Phi) is 5.81. The summed E-state index contributed by atoms with van der Waals surface area (Å²) < 4.78 is 29.5. The highest BCUT2D eigenvalue weighted by atomic mass is 32.2. The molecule has 1 aliphatic carbocycles. The lowest BCUT2D eigenvalue weighted by Crippen LogP contribution is -2.18. The van der Waals surface area contributed by atoms with E-state index in [4.69, 9.17) is 5.11 Å². The van der Waals surface area contributed by atoms with Crippen LogP contribution in [0.2, 0.25) is 0 Å². The number of aliphatic carboxylic acids is 1. The van der Waals surface area contributed by atoms with Crippen LogP contribution in [0.3, 0.4) is 0 Å². The lowest BCUT2D eigenvalue weighted by Gasteiger charge is -2.16. The van der Waals surface area contributed by atoms with Gasteiger partial charge in [-0.15, -0.1) is 11.8 Å². The van der Waals surface area contributed by atoms with Crippen LogP contribution in [0.4, 0.5) is 0 Å². The van der Waals surface area contributed by atoms with Gasteiger partial charge in [-0.3, -0.25) is 9.59 Å². The van der Waals surface area contributed by atoms with Gasteiger partial charge in [0.1, 0.15) is 0 Å². The number of rotatable bonds is 6. The van der Waals surface area contributed by atoms with E-state index in [1.807, 2.05) is 6.92 Å². The first-order valence-electron chi connectivity index (χ1n) is 8.46. The largest absolute Gasteiger partial charge is 0.481 e. The van der Waals surface area contributed by atoms with Crippen molar-refractivity contribution in [3.63, 3.8) is 0 Å². The number of nitrogens with zero attached hydrogens (tertiary/aromatic N) is 1. The molecule has 3 rings (SSSR count). The molecule has 0 aliphatic heterocycles. The molecule has 0 amide bonds. The molecule has 0 fully saturated rings. The van der Waals surface area contributed by atoms with E-state index in [9.17, 15) is 18.0 Å². The minimum atomic E-state index is -3.99. The predicted octanol–water partition coefficient (Wildman–Crippen LogP) is 3.33. The third kappa shape index (κ3) is 4.23. The van der Waals surface area contributed by atoms with Gasteiger partial charge in [-0.1, -0.05) is 43.3 Å². The highest BCUT2D eigenvalue weighted by molar-refractivity contribution is 8.04. The van der Waals surface area contributed by atoms with Crippen LogP contribution in [-0.2, 0) is 21.2 Å². The summed E-state index contributed by atoms with van der Waals surface area (Å²) >= 11 is 0.844. The molecule has 0 spiro atoms. The first-order chi connectivity index (χ1) is 13.3. The number of hydrogen-bond donors (Lipinski definition) is 1. The zero-order valence-corrected chi connectivity index (χ0v) is 16.6. The summed E-state index contributed by atoms with van der Waals surface area (Å²) in [6.07, 6.45) is 2.13. The molecule has 0 radical (unpaired) electrons. The predicted molar refractivity (Wildman–Crippen MR) is 108 cm³/mol. The van der Waals surface area contributed by atoms with E-state index in [2.05, 4.69) is 4.40 Å². The Morgan fingerprint density at radius 2 is 1.71 bits per heavy atom. The van der Waals surface area contributed by atoms with Gasteiger partial charge >= 0.3 is 5.97 Å². The van der Waals surface area contributed by atoms with Crippen LogP contribution in [0.5, 0.6) is 0 Å². The summed E-state index contributed by atoms with van der Waals surface area (Å²) in [5.74, 6) is -1.72. The van der Waals surface area contributed by atoms with Crippen LogP contribution in [0, 0.1) is 0 Å². The lowest BCUT2D eigenvalue weighted by atomic mass is 9.94. The molecule has 0 heterocycles. The van der Waals surface area contributed by atoms with Gasteiger partial charge in [0.25, 0.3) is 10.0 Å². The molecule has 0 saturated heterocycles. The third-order valence-electron chi connectivity index (χ3n) is 4.14. The topological polar surface area (TPSA) is 101 Å². The van der Waals surface area contributed by atoms with Crippen LogP contribution in [0.1, 0.15) is 28.4 Å². The van der Waals surface area contributed by atoms with Crippen molar-refractivity contribution < 1.29 is 23.1 Å². The Balaban J connectivity index is 2.07. The van der Waals surface area contributed by atoms with E-state index < -0.39 is 16.0 Å². The Morgan fingerprint density at radius 1 is 1.07 bits per heavy atom. The number of Topliss-reactive ketones (excluding diaryl/α,β-unsaturated/α-hetero) is 1. The molecule has 0 aromatic heterocycles. The highest BCUT2D eigenvalue weighted by Crippen LogP contribution is 2.29. The van der Waals surface area contributed by atoms with Gasteiger partial charge in [0.05, 0.1) is 21.3 Å². The van der Waals surface area contributed by atoms with Gasteiger partial charge in [0.2, 0.25) is 0 Å². The number of allylic oxidation sites excluding steroid dienone is 2. The van der Waals surface area contributed by atoms with Gasteiger partial charge in [-0.25, -0.2) is 0 Å². The van der Waals surface area contributed by atoms with Crippen molar-refractivity contribution in [2.75, 3.05) is 5.75 Å². The number of sulfonamides is 1. The van der Waals surface area contributed by atoms with E-state index in [0.717, 1.165) is 23.7 Å². The fourth-order valence-electron chi connectivity index (χ4n) is 2.71. The van der Waals surface area contributed by atoms with Crippen molar-refractivity contribution in [2.24, 2.45) is 4.40 Å². The summed E-state index contributed by atoms with van der Waals surface area (Å²) in [4.78, 5) is 23.7. The van der Waals surface area contributed by atoms with Gasteiger partial charge < -0.3 is 5.11 Å². The fraction of sp³-hybridized carbons (Fsp3) is 0.150. The second-order valence-corrected chi connectivity index (χ2v) is 8.64. The maximum Gasteiger partial charge on any atom is 0.313 e. The second-order valence-electron chi connectivity index (χ2n) is 6.01. The number of carboxylic acids is 1. The maximum atomic E-state index is 12.8. The van der Waals surface area contributed by atoms with Gasteiger partial charge in [-0.05, 0) is 30.2 Å². The van der Waals surface area contributed by atoms with Crippen LogP contribution in [0.15, 0.2) is 68.8 Å². The quantitative estimate of drug-likeness (QED) is 0.777. The van der Waals surface area contributed by atoms with Crippen molar-refractivity contribution in [2.45, 2.75) is 18.2 Å². The monoisotopic (exact) mass is 415 g/mol. The molecule has 0 saturated carbocycles. The molecule has 0 atom stereocenters. The number of fused-ring (bicyclic) bond motifs is 1.